The van der Waals surface area contributed by atoms with Gasteiger partial charge in [0.05, 0.1) is 10.0 Å². The van der Waals surface area contributed by atoms with Gasteiger partial charge in [-0.25, -0.2) is 4.98 Å². The van der Waals surface area contributed by atoms with Gasteiger partial charge in [-0.05, 0) is 24.5 Å². The molecule has 0 atom stereocenters. The van der Waals surface area contributed by atoms with Crippen LogP contribution < -0.4 is 5.32 Å². The number of anilines is 1. The van der Waals surface area contributed by atoms with E-state index in [9.17, 15) is 4.79 Å². The van der Waals surface area contributed by atoms with Crippen LogP contribution in [0.15, 0.2) is 24.4 Å². The summed E-state index contributed by atoms with van der Waals surface area (Å²) in [4.78, 5) is 16.9. The van der Waals surface area contributed by atoms with E-state index in [4.69, 9.17) is 23.2 Å². The van der Waals surface area contributed by atoms with E-state index in [2.05, 4.69) is 10.3 Å². The van der Waals surface area contributed by atoms with Crippen LogP contribution in [0.3, 0.4) is 0 Å². The predicted molar refractivity (Wildman–Crippen MR) is 82.7 cm³/mol. The third-order valence-electron chi connectivity index (χ3n) is 3.13. The van der Waals surface area contributed by atoms with Crippen molar-refractivity contribution in [2.45, 2.75) is 19.3 Å². The molecule has 1 aliphatic rings. The third kappa shape index (κ3) is 3.14. The Hall–Kier alpha value is -1.10. The lowest BCUT2D eigenvalue weighted by Gasteiger charge is -2.03. The summed E-state index contributed by atoms with van der Waals surface area (Å²) in [6.45, 7) is 0. The van der Waals surface area contributed by atoms with Gasteiger partial charge >= 0.3 is 0 Å². The molecule has 1 saturated carbocycles. The van der Waals surface area contributed by atoms with Crippen molar-refractivity contribution in [2.24, 2.45) is 5.92 Å². The molecule has 3 nitrogen and oxygen atoms in total. The molecule has 0 radical (unpaired) electrons. The van der Waals surface area contributed by atoms with Gasteiger partial charge in [0, 0.05) is 23.4 Å². The summed E-state index contributed by atoms with van der Waals surface area (Å²) in [6, 6.07) is 5.58. The van der Waals surface area contributed by atoms with Crippen LogP contribution in [0.2, 0.25) is 10.0 Å². The Bertz CT molecular complexity index is 652. The molecule has 3 rings (SSSR count). The van der Waals surface area contributed by atoms with Crippen LogP contribution in [0.25, 0.3) is 0 Å². The molecule has 0 aliphatic heterocycles. The van der Waals surface area contributed by atoms with E-state index in [1.807, 2.05) is 12.1 Å². The molecule has 20 heavy (non-hydrogen) atoms. The van der Waals surface area contributed by atoms with E-state index in [1.165, 1.54) is 11.3 Å². The molecular weight excluding hydrogens is 315 g/mol. The van der Waals surface area contributed by atoms with Gasteiger partial charge in [0.2, 0.25) is 5.91 Å². The minimum absolute atomic E-state index is 0.0756. The van der Waals surface area contributed by atoms with E-state index in [0.717, 1.165) is 23.3 Å². The van der Waals surface area contributed by atoms with Crippen LogP contribution in [0.1, 0.15) is 23.3 Å². The van der Waals surface area contributed by atoms with E-state index < -0.39 is 0 Å². The van der Waals surface area contributed by atoms with Crippen LogP contribution in [-0.4, -0.2) is 10.9 Å². The summed E-state index contributed by atoms with van der Waals surface area (Å²) in [5, 5.41) is 4.62. The zero-order valence-corrected chi connectivity index (χ0v) is 12.9. The Labute approximate surface area is 130 Å². The molecule has 1 aliphatic carbocycles. The molecule has 104 valence electrons. The summed E-state index contributed by atoms with van der Waals surface area (Å²) in [5.74, 6) is 0.261. The van der Waals surface area contributed by atoms with Crippen LogP contribution >= 0.6 is 34.5 Å². The lowest BCUT2D eigenvalue weighted by Crippen LogP contribution is -2.12. The monoisotopic (exact) mass is 326 g/mol. The van der Waals surface area contributed by atoms with E-state index in [1.54, 1.807) is 12.3 Å². The van der Waals surface area contributed by atoms with Gasteiger partial charge < -0.3 is 5.32 Å². The second kappa shape index (κ2) is 5.72. The Morgan fingerprint density at radius 1 is 1.40 bits per heavy atom. The highest BCUT2D eigenvalue weighted by Gasteiger charge is 2.30. The van der Waals surface area contributed by atoms with Crippen LogP contribution in [0, 0.1) is 5.92 Å². The number of aromatic nitrogens is 1. The molecule has 1 aromatic heterocycles. The third-order valence-corrected chi connectivity index (χ3v) is 4.90. The van der Waals surface area contributed by atoms with Crippen molar-refractivity contribution in [2.75, 3.05) is 5.32 Å². The molecule has 1 heterocycles. The Kier molecular flexibility index (Phi) is 3.96. The highest BCUT2D eigenvalue weighted by Crippen LogP contribution is 2.32. The number of nitrogens with zero attached hydrogens (tertiary/aromatic N) is 1. The molecular formula is C14H12Cl2N2OS. The highest BCUT2D eigenvalue weighted by atomic mass is 35.5. The zero-order chi connectivity index (χ0) is 14.1. The second-order valence-electron chi connectivity index (χ2n) is 4.78. The molecule has 0 bridgehead atoms. The number of carbonyl (C=O) groups excluding carboxylic acids is 1. The summed E-state index contributed by atoms with van der Waals surface area (Å²) in [6.07, 6.45) is 4.41. The summed E-state index contributed by atoms with van der Waals surface area (Å²) in [5.41, 5.74) is 0.961. The maximum atomic E-state index is 11.7. The number of benzene rings is 1. The fraction of sp³-hybridized carbons (Fsp3) is 0.286. The van der Waals surface area contributed by atoms with Crippen molar-refractivity contribution in [1.82, 2.24) is 4.98 Å². The number of rotatable bonds is 4. The average molecular weight is 327 g/mol. The maximum absolute atomic E-state index is 11.7. The van der Waals surface area contributed by atoms with Gasteiger partial charge in [0.1, 0.15) is 0 Å². The van der Waals surface area contributed by atoms with Crippen LogP contribution in [0.4, 0.5) is 5.13 Å². The molecule has 1 aromatic carbocycles. The standard InChI is InChI=1S/C14H12Cl2N2OS/c15-11-3-1-2-9(12(11)16)6-10-7-17-14(20-10)18-13(19)8-4-5-8/h1-3,7-8H,4-6H2,(H,17,18,19). The number of amides is 1. The fourth-order valence-corrected chi connectivity index (χ4v) is 3.10. The van der Waals surface area contributed by atoms with E-state index in [0.29, 0.717) is 21.6 Å². The summed E-state index contributed by atoms with van der Waals surface area (Å²) >= 11 is 13.6. The average Bonchev–Trinajstić information content (AvgIpc) is 3.18. The first-order valence-electron chi connectivity index (χ1n) is 6.32. The first-order chi connectivity index (χ1) is 9.63. The summed E-state index contributed by atoms with van der Waals surface area (Å²) < 4.78 is 0. The number of carbonyl (C=O) groups is 1. The van der Waals surface area contributed by atoms with Crippen molar-refractivity contribution in [1.29, 1.82) is 0 Å². The molecule has 0 unspecified atom stereocenters. The van der Waals surface area contributed by atoms with Gasteiger partial charge in [-0.2, -0.15) is 0 Å². The van der Waals surface area contributed by atoms with Gasteiger partial charge in [0.25, 0.3) is 0 Å². The second-order valence-corrected chi connectivity index (χ2v) is 6.69. The lowest BCUT2D eigenvalue weighted by molar-refractivity contribution is -0.117. The molecule has 0 saturated heterocycles. The Morgan fingerprint density at radius 2 is 2.20 bits per heavy atom. The van der Waals surface area contributed by atoms with Crippen molar-refractivity contribution in [3.8, 4) is 0 Å². The summed E-state index contributed by atoms with van der Waals surface area (Å²) in [7, 11) is 0. The molecule has 1 amide bonds. The SMILES string of the molecule is O=C(Nc1ncc(Cc2cccc(Cl)c2Cl)s1)C1CC1. The van der Waals surface area contributed by atoms with Crippen molar-refractivity contribution >= 4 is 45.6 Å². The lowest BCUT2D eigenvalue weighted by atomic mass is 10.1. The quantitative estimate of drug-likeness (QED) is 0.905. The van der Waals surface area contributed by atoms with Gasteiger partial charge in [-0.15, -0.1) is 11.3 Å². The van der Waals surface area contributed by atoms with Gasteiger partial charge in [-0.1, -0.05) is 35.3 Å². The Morgan fingerprint density at radius 3 is 2.95 bits per heavy atom. The first-order valence-corrected chi connectivity index (χ1v) is 7.89. The number of hydrogen-bond donors (Lipinski definition) is 1. The predicted octanol–water partition coefficient (Wildman–Crippen LogP) is 4.39. The molecule has 0 spiro atoms. The van der Waals surface area contributed by atoms with Gasteiger partial charge in [0.15, 0.2) is 5.13 Å². The van der Waals surface area contributed by atoms with Crippen molar-refractivity contribution < 1.29 is 4.79 Å². The first kappa shape index (κ1) is 13.9. The number of hydrogen-bond acceptors (Lipinski definition) is 3. The number of nitrogens with one attached hydrogen (secondary N) is 1. The molecule has 6 heteroatoms. The smallest absolute Gasteiger partial charge is 0.229 e. The fourth-order valence-electron chi connectivity index (χ4n) is 1.87. The highest BCUT2D eigenvalue weighted by molar-refractivity contribution is 7.15. The van der Waals surface area contributed by atoms with E-state index in [-0.39, 0.29) is 11.8 Å². The number of halogens is 2. The topological polar surface area (TPSA) is 42.0 Å². The maximum Gasteiger partial charge on any atom is 0.229 e. The molecule has 1 fully saturated rings. The Balaban J connectivity index is 1.70. The minimum atomic E-state index is 0.0756. The molecule has 1 N–H and O–H groups in total. The largest absolute Gasteiger partial charge is 0.302 e. The normalized spacial score (nSPS) is 14.3. The van der Waals surface area contributed by atoms with E-state index >= 15 is 0 Å². The minimum Gasteiger partial charge on any atom is -0.302 e. The van der Waals surface area contributed by atoms with Crippen molar-refractivity contribution in [3.63, 3.8) is 0 Å². The van der Waals surface area contributed by atoms with Crippen molar-refractivity contribution in [3.05, 3.63) is 44.9 Å². The zero-order valence-electron chi connectivity index (χ0n) is 10.5. The van der Waals surface area contributed by atoms with Gasteiger partial charge in [-0.3, -0.25) is 4.79 Å². The number of thiazole rings is 1. The molecule has 2 aromatic rings. The van der Waals surface area contributed by atoms with Crippen LogP contribution in [-0.2, 0) is 11.2 Å². The van der Waals surface area contributed by atoms with Crippen LogP contribution in [0.5, 0.6) is 0 Å².